The molecule has 7 heteroatoms. The van der Waals surface area contributed by atoms with Crippen LogP contribution in [-0.2, 0) is 0 Å². The van der Waals surface area contributed by atoms with E-state index in [0.29, 0.717) is 12.0 Å². The number of aryl methyl sites for hydroxylation is 1. The molecule has 0 radical (unpaired) electrons. The Hall–Kier alpha value is -1.34. The average molecular weight is 293 g/mol. The van der Waals surface area contributed by atoms with Crippen LogP contribution in [0.25, 0.3) is 0 Å². The first-order valence-electron chi connectivity index (χ1n) is 7.05. The Kier molecular flexibility index (Phi) is 4.07. The lowest BCUT2D eigenvalue weighted by molar-refractivity contribution is 0.272. The first-order chi connectivity index (χ1) is 9.72. The van der Waals surface area contributed by atoms with Crippen molar-refractivity contribution in [2.24, 2.45) is 0 Å². The lowest BCUT2D eigenvalue weighted by atomic mass is 9.85. The molecular weight excluding hydrogens is 274 g/mol. The van der Waals surface area contributed by atoms with Crippen LogP contribution < -0.4 is 5.32 Å². The molecule has 108 valence electrons. The van der Waals surface area contributed by atoms with Crippen molar-refractivity contribution in [3.8, 4) is 0 Å². The van der Waals surface area contributed by atoms with Crippen molar-refractivity contribution in [2.75, 3.05) is 0 Å². The summed E-state index contributed by atoms with van der Waals surface area (Å²) < 4.78 is 9.20. The molecule has 1 atom stereocenters. The average Bonchev–Trinajstić information content (AvgIpc) is 3.10. The van der Waals surface area contributed by atoms with Crippen molar-refractivity contribution >= 4 is 11.5 Å². The van der Waals surface area contributed by atoms with Gasteiger partial charge in [-0.25, -0.2) is 0 Å². The van der Waals surface area contributed by atoms with Gasteiger partial charge < -0.3 is 9.84 Å². The summed E-state index contributed by atoms with van der Waals surface area (Å²) in [5.41, 5.74) is 1.03. The molecule has 2 heterocycles. The van der Waals surface area contributed by atoms with Gasteiger partial charge in [-0.3, -0.25) is 0 Å². The molecule has 20 heavy (non-hydrogen) atoms. The molecule has 1 aliphatic carbocycles. The van der Waals surface area contributed by atoms with Crippen molar-refractivity contribution < 1.29 is 4.52 Å². The van der Waals surface area contributed by atoms with Crippen molar-refractivity contribution in [1.29, 1.82) is 0 Å². The van der Waals surface area contributed by atoms with Gasteiger partial charge in [0.25, 0.3) is 0 Å². The second kappa shape index (κ2) is 5.97. The number of rotatable bonds is 4. The van der Waals surface area contributed by atoms with Crippen LogP contribution in [-0.4, -0.2) is 25.8 Å². The molecule has 0 aliphatic heterocycles. The third-order valence-corrected chi connectivity index (χ3v) is 4.45. The van der Waals surface area contributed by atoms with Crippen molar-refractivity contribution in [2.45, 2.75) is 57.5 Å². The first kappa shape index (κ1) is 13.6. The highest BCUT2D eigenvalue weighted by molar-refractivity contribution is 7.03. The minimum atomic E-state index is 0.265. The summed E-state index contributed by atoms with van der Waals surface area (Å²) in [7, 11) is 0. The van der Waals surface area contributed by atoms with E-state index in [0.717, 1.165) is 43.1 Å². The number of nitrogens with zero attached hydrogens (tertiary/aromatic N) is 4. The van der Waals surface area contributed by atoms with Crippen LogP contribution in [0.1, 0.15) is 62.0 Å². The summed E-state index contributed by atoms with van der Waals surface area (Å²) in [6, 6.07) is 0.799. The van der Waals surface area contributed by atoms with Crippen molar-refractivity contribution in [1.82, 2.24) is 25.0 Å². The number of aromatic nitrogens is 4. The van der Waals surface area contributed by atoms with E-state index in [-0.39, 0.29) is 6.04 Å². The molecule has 2 aromatic heterocycles. The second-order valence-electron chi connectivity index (χ2n) is 5.45. The predicted octanol–water partition coefficient (Wildman–Crippen LogP) is 2.61. The van der Waals surface area contributed by atoms with Gasteiger partial charge in [-0.05, 0) is 51.1 Å². The molecule has 0 aromatic carbocycles. The van der Waals surface area contributed by atoms with Crippen LogP contribution in [0, 0.1) is 6.92 Å². The fraction of sp³-hybridized carbons (Fsp3) is 0.692. The highest BCUT2D eigenvalue weighted by Gasteiger charge is 2.27. The Morgan fingerprint density at radius 3 is 2.75 bits per heavy atom. The van der Waals surface area contributed by atoms with Gasteiger partial charge in [0.05, 0.1) is 5.69 Å². The van der Waals surface area contributed by atoms with E-state index in [1.54, 1.807) is 0 Å². The summed E-state index contributed by atoms with van der Waals surface area (Å²) in [5.74, 6) is 1.95. The molecule has 0 saturated heterocycles. The molecule has 1 aliphatic rings. The summed E-state index contributed by atoms with van der Waals surface area (Å²) in [5, 5.41) is 13.6. The van der Waals surface area contributed by atoms with Crippen LogP contribution in [0.5, 0.6) is 0 Å². The summed E-state index contributed by atoms with van der Waals surface area (Å²) in [6.45, 7) is 4.01. The molecule has 2 aromatic rings. The monoisotopic (exact) mass is 293 g/mol. The summed E-state index contributed by atoms with van der Waals surface area (Å²) in [4.78, 5) is 4.35. The van der Waals surface area contributed by atoms with Gasteiger partial charge in [-0.1, -0.05) is 9.64 Å². The van der Waals surface area contributed by atoms with Crippen LogP contribution in [0.3, 0.4) is 0 Å². The predicted molar refractivity (Wildman–Crippen MR) is 75.5 cm³/mol. The summed E-state index contributed by atoms with van der Waals surface area (Å²) in [6.07, 6.45) is 4.46. The van der Waals surface area contributed by atoms with Gasteiger partial charge >= 0.3 is 0 Å². The minimum Gasteiger partial charge on any atom is -0.339 e. The fourth-order valence-electron chi connectivity index (χ4n) is 2.79. The van der Waals surface area contributed by atoms with Gasteiger partial charge in [0.1, 0.15) is 0 Å². The van der Waals surface area contributed by atoms with Gasteiger partial charge in [-0.15, -0.1) is 5.10 Å². The van der Waals surface area contributed by atoms with Gasteiger partial charge in [0, 0.05) is 23.4 Å². The third-order valence-electron chi connectivity index (χ3n) is 3.93. The maximum atomic E-state index is 5.28. The summed E-state index contributed by atoms with van der Waals surface area (Å²) >= 11 is 1.40. The molecule has 1 N–H and O–H groups in total. The quantitative estimate of drug-likeness (QED) is 0.933. The molecule has 0 bridgehead atoms. The second-order valence-corrected chi connectivity index (χ2v) is 6.06. The van der Waals surface area contributed by atoms with E-state index >= 15 is 0 Å². The minimum absolute atomic E-state index is 0.265. The zero-order valence-corrected chi connectivity index (χ0v) is 12.6. The lowest BCUT2D eigenvalue weighted by Gasteiger charge is -2.29. The maximum Gasteiger partial charge on any atom is 0.229 e. The molecule has 0 spiro atoms. The molecule has 0 amide bonds. The van der Waals surface area contributed by atoms with E-state index in [2.05, 4.69) is 32.0 Å². The number of nitrogens with one attached hydrogen (secondary N) is 1. The van der Waals surface area contributed by atoms with E-state index in [1.165, 1.54) is 11.5 Å². The van der Waals surface area contributed by atoms with E-state index in [9.17, 15) is 0 Å². The topological polar surface area (TPSA) is 76.7 Å². The van der Waals surface area contributed by atoms with Gasteiger partial charge in [-0.2, -0.15) is 4.98 Å². The van der Waals surface area contributed by atoms with Crippen molar-refractivity contribution in [3.05, 3.63) is 22.8 Å². The highest BCUT2D eigenvalue weighted by Crippen LogP contribution is 2.32. The Morgan fingerprint density at radius 1 is 1.35 bits per heavy atom. The third kappa shape index (κ3) is 3.04. The SMILES string of the molecule is Cc1noc(C2CCC(N[C@@H](C)c3csnn3)CC2)n1. The standard InChI is InChI=1S/C13H19N5OS/c1-8(12-7-20-18-16-12)14-11-5-3-10(4-6-11)13-15-9(2)17-19-13/h7-8,10-11,14H,3-6H2,1-2H3/t8-,10?,11?/m0/s1. The molecule has 1 saturated carbocycles. The molecular formula is C13H19N5OS. The number of hydrogen-bond acceptors (Lipinski definition) is 7. The van der Waals surface area contributed by atoms with E-state index < -0.39 is 0 Å². The zero-order chi connectivity index (χ0) is 13.9. The maximum absolute atomic E-state index is 5.28. The molecule has 1 fully saturated rings. The van der Waals surface area contributed by atoms with Crippen LogP contribution in [0.2, 0.25) is 0 Å². The highest BCUT2D eigenvalue weighted by atomic mass is 32.1. The van der Waals surface area contributed by atoms with Gasteiger partial charge in [0.2, 0.25) is 5.89 Å². The molecule has 0 unspecified atom stereocenters. The van der Waals surface area contributed by atoms with Crippen molar-refractivity contribution in [3.63, 3.8) is 0 Å². The smallest absolute Gasteiger partial charge is 0.229 e. The van der Waals surface area contributed by atoms with E-state index in [4.69, 9.17) is 4.52 Å². The fourth-order valence-corrected chi connectivity index (χ4v) is 3.33. The Balaban J connectivity index is 1.51. The Morgan fingerprint density at radius 2 is 2.15 bits per heavy atom. The molecule has 6 nitrogen and oxygen atoms in total. The Labute approximate surface area is 122 Å². The van der Waals surface area contributed by atoms with Crippen LogP contribution >= 0.6 is 11.5 Å². The zero-order valence-electron chi connectivity index (χ0n) is 11.7. The first-order valence-corrected chi connectivity index (χ1v) is 7.89. The largest absolute Gasteiger partial charge is 0.339 e. The van der Waals surface area contributed by atoms with E-state index in [1.807, 2.05) is 12.3 Å². The van der Waals surface area contributed by atoms with Crippen LogP contribution in [0.15, 0.2) is 9.90 Å². The number of hydrogen-bond donors (Lipinski definition) is 1. The van der Waals surface area contributed by atoms with Crippen LogP contribution in [0.4, 0.5) is 0 Å². The Bertz CT molecular complexity index is 533. The lowest BCUT2D eigenvalue weighted by Crippen LogP contribution is -2.34. The molecule has 3 rings (SSSR count). The normalized spacial score (nSPS) is 24.7. The van der Waals surface area contributed by atoms with Gasteiger partial charge in [0.15, 0.2) is 5.82 Å².